The number of carbonyl (C=O) groups excluding carboxylic acids is 2. The van der Waals surface area contributed by atoms with Gasteiger partial charge < -0.3 is 25.0 Å². The summed E-state index contributed by atoms with van der Waals surface area (Å²) in [5, 5.41) is 5.71. The van der Waals surface area contributed by atoms with Gasteiger partial charge in [0.25, 0.3) is 0 Å². The number of likely N-dealkylation sites (tertiary alicyclic amines) is 1. The molecule has 7 heteroatoms. The van der Waals surface area contributed by atoms with Gasteiger partial charge in [-0.15, -0.1) is 0 Å². The highest BCUT2D eigenvalue weighted by molar-refractivity contribution is 5.87. The molecule has 144 valence electrons. The van der Waals surface area contributed by atoms with Crippen LogP contribution in [0.4, 0.5) is 4.79 Å². The maximum Gasteiger partial charge on any atom is 0.318 e. The number of hydrogen-bond acceptors (Lipinski definition) is 4. The van der Waals surface area contributed by atoms with Gasteiger partial charge in [-0.3, -0.25) is 4.79 Å². The predicted octanol–water partition coefficient (Wildman–Crippen LogP) is 1.64. The van der Waals surface area contributed by atoms with Gasteiger partial charge in [0.1, 0.15) is 17.9 Å². The summed E-state index contributed by atoms with van der Waals surface area (Å²) in [7, 11) is 1.58. The lowest BCUT2D eigenvalue weighted by Gasteiger charge is -2.24. The third kappa shape index (κ3) is 5.91. The zero-order chi connectivity index (χ0) is 18.9. The van der Waals surface area contributed by atoms with Crippen molar-refractivity contribution in [2.45, 2.75) is 32.4 Å². The largest absolute Gasteiger partial charge is 0.488 e. The van der Waals surface area contributed by atoms with Crippen LogP contribution in [0.5, 0.6) is 5.75 Å². The van der Waals surface area contributed by atoms with Gasteiger partial charge in [0.2, 0.25) is 5.91 Å². The Balaban J connectivity index is 2.02. The van der Waals surface area contributed by atoms with Gasteiger partial charge in [0.15, 0.2) is 0 Å². The lowest BCUT2D eigenvalue weighted by Crippen LogP contribution is -2.50. The quantitative estimate of drug-likeness (QED) is 0.688. The zero-order valence-corrected chi connectivity index (χ0v) is 15.7. The van der Waals surface area contributed by atoms with Crippen molar-refractivity contribution in [3.05, 3.63) is 30.3 Å². The minimum absolute atomic E-state index is 0.180. The van der Waals surface area contributed by atoms with Crippen LogP contribution in [0.2, 0.25) is 0 Å². The molecule has 2 atom stereocenters. The van der Waals surface area contributed by atoms with E-state index in [1.807, 2.05) is 44.2 Å². The first kappa shape index (κ1) is 20.0. The maximum absolute atomic E-state index is 12.5. The number of benzene rings is 1. The number of urea groups is 1. The second kappa shape index (κ2) is 10.0. The van der Waals surface area contributed by atoms with E-state index >= 15 is 0 Å². The van der Waals surface area contributed by atoms with E-state index in [0.29, 0.717) is 38.6 Å². The van der Waals surface area contributed by atoms with E-state index in [0.717, 1.165) is 5.75 Å². The second-order valence-corrected chi connectivity index (χ2v) is 6.82. The van der Waals surface area contributed by atoms with Crippen molar-refractivity contribution in [2.24, 2.45) is 5.92 Å². The predicted molar refractivity (Wildman–Crippen MR) is 99.1 cm³/mol. The Labute approximate surface area is 155 Å². The number of para-hydroxylation sites is 1. The van der Waals surface area contributed by atoms with Crippen molar-refractivity contribution in [1.29, 1.82) is 0 Å². The summed E-state index contributed by atoms with van der Waals surface area (Å²) < 4.78 is 10.9. The summed E-state index contributed by atoms with van der Waals surface area (Å²) in [5.74, 6) is 0.897. The number of hydrogen-bond donors (Lipinski definition) is 2. The molecule has 1 heterocycles. The molecule has 26 heavy (non-hydrogen) atoms. The number of carbonyl (C=O) groups is 2. The molecule has 0 spiro atoms. The molecule has 1 aromatic carbocycles. The number of methoxy groups -OCH3 is 1. The standard InChI is InChI=1S/C19H29N3O4/c1-14(2)12-21-19(24)22-13-16(26-15-7-5-4-6-8-15)11-17(22)18(23)20-9-10-25-3/h4-8,14,16-17H,9-13H2,1-3H3,(H,20,23)(H,21,24)/t16-,17+/m0/s1. The van der Waals surface area contributed by atoms with Gasteiger partial charge in [-0.2, -0.15) is 0 Å². The molecule has 2 rings (SSSR count). The molecular weight excluding hydrogens is 334 g/mol. The number of nitrogens with one attached hydrogen (secondary N) is 2. The normalized spacial score (nSPS) is 19.5. The van der Waals surface area contributed by atoms with Crippen molar-refractivity contribution in [3.63, 3.8) is 0 Å². The van der Waals surface area contributed by atoms with Crippen molar-refractivity contribution < 1.29 is 19.1 Å². The molecule has 3 amide bonds. The van der Waals surface area contributed by atoms with Crippen molar-refractivity contribution in [2.75, 3.05) is 33.4 Å². The highest BCUT2D eigenvalue weighted by Gasteiger charge is 2.40. The molecule has 2 N–H and O–H groups in total. The molecule has 1 aromatic rings. The van der Waals surface area contributed by atoms with Crippen LogP contribution in [0.15, 0.2) is 30.3 Å². The summed E-state index contributed by atoms with van der Waals surface area (Å²) in [4.78, 5) is 26.6. The van der Waals surface area contributed by atoms with E-state index in [2.05, 4.69) is 10.6 Å². The topological polar surface area (TPSA) is 79.9 Å². The van der Waals surface area contributed by atoms with Crippen molar-refractivity contribution >= 4 is 11.9 Å². The highest BCUT2D eigenvalue weighted by atomic mass is 16.5. The Morgan fingerprint density at radius 2 is 1.96 bits per heavy atom. The summed E-state index contributed by atoms with van der Waals surface area (Å²) in [6.07, 6.45) is 0.239. The summed E-state index contributed by atoms with van der Waals surface area (Å²) in [6, 6.07) is 8.67. The van der Waals surface area contributed by atoms with E-state index in [1.54, 1.807) is 12.0 Å². The zero-order valence-electron chi connectivity index (χ0n) is 15.7. The molecule has 1 fully saturated rings. The van der Waals surface area contributed by atoms with Crippen LogP contribution in [-0.4, -0.2) is 62.3 Å². The number of ether oxygens (including phenoxy) is 2. The first-order chi connectivity index (χ1) is 12.5. The van der Waals surface area contributed by atoms with Crippen LogP contribution in [-0.2, 0) is 9.53 Å². The van der Waals surface area contributed by atoms with Crippen LogP contribution < -0.4 is 15.4 Å². The van der Waals surface area contributed by atoms with Gasteiger partial charge >= 0.3 is 6.03 Å². The molecule has 0 saturated carbocycles. The molecule has 1 aliphatic rings. The summed E-state index contributed by atoms with van der Waals surface area (Å²) in [6.45, 7) is 5.85. The molecule has 0 bridgehead atoms. The molecule has 0 aliphatic carbocycles. The van der Waals surface area contributed by atoms with Gasteiger partial charge in [-0.25, -0.2) is 4.79 Å². The Kier molecular flexibility index (Phi) is 7.72. The molecular formula is C19H29N3O4. The van der Waals surface area contributed by atoms with E-state index in [9.17, 15) is 9.59 Å². The Bertz CT molecular complexity index is 579. The van der Waals surface area contributed by atoms with Gasteiger partial charge in [-0.1, -0.05) is 32.0 Å². The lowest BCUT2D eigenvalue weighted by molar-refractivity contribution is -0.124. The molecule has 7 nitrogen and oxygen atoms in total. The average molecular weight is 363 g/mol. The monoisotopic (exact) mass is 363 g/mol. The number of amides is 3. The molecule has 0 unspecified atom stereocenters. The second-order valence-electron chi connectivity index (χ2n) is 6.82. The van der Waals surface area contributed by atoms with Gasteiger partial charge in [-0.05, 0) is 18.1 Å². The van der Waals surface area contributed by atoms with Crippen LogP contribution in [0.1, 0.15) is 20.3 Å². The fraction of sp³-hybridized carbons (Fsp3) is 0.579. The smallest absolute Gasteiger partial charge is 0.318 e. The first-order valence-corrected chi connectivity index (χ1v) is 9.04. The van der Waals surface area contributed by atoms with Gasteiger partial charge in [0, 0.05) is 26.6 Å². The minimum atomic E-state index is -0.548. The molecule has 1 aliphatic heterocycles. The maximum atomic E-state index is 12.5. The molecule has 1 saturated heterocycles. The Morgan fingerprint density at radius 3 is 2.62 bits per heavy atom. The van der Waals surface area contributed by atoms with Crippen molar-refractivity contribution in [3.8, 4) is 5.75 Å². The fourth-order valence-electron chi connectivity index (χ4n) is 2.83. The summed E-state index contributed by atoms with van der Waals surface area (Å²) >= 11 is 0. The number of rotatable bonds is 8. The first-order valence-electron chi connectivity index (χ1n) is 9.04. The van der Waals surface area contributed by atoms with Crippen molar-refractivity contribution in [1.82, 2.24) is 15.5 Å². The van der Waals surface area contributed by atoms with Crippen LogP contribution >= 0.6 is 0 Å². The summed E-state index contributed by atoms with van der Waals surface area (Å²) in [5.41, 5.74) is 0. The third-order valence-electron chi connectivity index (χ3n) is 4.14. The molecule has 0 radical (unpaired) electrons. The Morgan fingerprint density at radius 1 is 1.23 bits per heavy atom. The molecule has 0 aromatic heterocycles. The minimum Gasteiger partial charge on any atom is -0.488 e. The number of nitrogens with zero attached hydrogens (tertiary/aromatic N) is 1. The van der Waals surface area contributed by atoms with E-state index < -0.39 is 6.04 Å². The van der Waals surface area contributed by atoms with E-state index in [1.165, 1.54) is 0 Å². The van der Waals surface area contributed by atoms with Crippen LogP contribution in [0, 0.1) is 5.92 Å². The third-order valence-corrected chi connectivity index (χ3v) is 4.14. The Hall–Kier alpha value is -2.28. The van der Waals surface area contributed by atoms with E-state index in [-0.39, 0.29) is 18.0 Å². The van der Waals surface area contributed by atoms with Gasteiger partial charge in [0.05, 0.1) is 13.2 Å². The fourth-order valence-corrected chi connectivity index (χ4v) is 2.83. The highest BCUT2D eigenvalue weighted by Crippen LogP contribution is 2.23. The van der Waals surface area contributed by atoms with Crippen LogP contribution in [0.3, 0.4) is 0 Å². The van der Waals surface area contributed by atoms with Crippen LogP contribution in [0.25, 0.3) is 0 Å². The SMILES string of the molecule is COCCNC(=O)[C@H]1C[C@H](Oc2ccccc2)CN1C(=O)NCC(C)C. The van der Waals surface area contributed by atoms with E-state index in [4.69, 9.17) is 9.47 Å². The lowest BCUT2D eigenvalue weighted by atomic mass is 10.2. The average Bonchev–Trinajstić information content (AvgIpc) is 3.04.